The summed E-state index contributed by atoms with van der Waals surface area (Å²) in [4.78, 5) is 12.1. The molecule has 1 atom stereocenters. The van der Waals surface area contributed by atoms with Gasteiger partial charge in [0.1, 0.15) is 6.54 Å². The van der Waals surface area contributed by atoms with Crippen LogP contribution in [0.5, 0.6) is 0 Å². The highest BCUT2D eigenvalue weighted by molar-refractivity contribution is 5.82. The Balaban J connectivity index is 4.47. The monoisotopic (exact) mass is 226 g/mol. The van der Waals surface area contributed by atoms with E-state index in [4.69, 9.17) is 5.73 Å². The van der Waals surface area contributed by atoms with Crippen molar-refractivity contribution in [3.63, 3.8) is 0 Å². The third-order valence-electron chi connectivity index (χ3n) is 1.99. The van der Waals surface area contributed by atoms with E-state index in [2.05, 4.69) is 0 Å². The standard InChI is InChI=1S/C9H17F3N2O/c1-8(2,3)6(13)7(15)14(4)5-9(10,11)12/h6H,5,13H2,1-4H3/t6-/m1/s1. The average molecular weight is 226 g/mol. The largest absolute Gasteiger partial charge is 0.406 e. The summed E-state index contributed by atoms with van der Waals surface area (Å²) in [6, 6.07) is -0.926. The quantitative estimate of drug-likeness (QED) is 0.773. The summed E-state index contributed by atoms with van der Waals surface area (Å²) in [5.74, 6) is -0.695. The fourth-order valence-electron chi connectivity index (χ4n) is 0.955. The van der Waals surface area contributed by atoms with Gasteiger partial charge in [0.2, 0.25) is 5.91 Å². The highest BCUT2D eigenvalue weighted by Crippen LogP contribution is 2.21. The van der Waals surface area contributed by atoms with Crippen molar-refractivity contribution in [1.82, 2.24) is 4.90 Å². The molecule has 0 aromatic heterocycles. The number of carbonyl (C=O) groups excluding carboxylic acids is 1. The van der Waals surface area contributed by atoms with Crippen molar-refractivity contribution < 1.29 is 18.0 Å². The fourth-order valence-corrected chi connectivity index (χ4v) is 0.955. The van der Waals surface area contributed by atoms with Gasteiger partial charge in [-0.05, 0) is 5.41 Å². The lowest BCUT2D eigenvalue weighted by atomic mass is 9.86. The lowest BCUT2D eigenvalue weighted by Gasteiger charge is -2.30. The number of hydrogen-bond acceptors (Lipinski definition) is 2. The maximum atomic E-state index is 12.0. The first-order valence-corrected chi connectivity index (χ1v) is 4.52. The number of halogens is 3. The molecule has 90 valence electrons. The van der Waals surface area contributed by atoms with Crippen LogP contribution in [0.2, 0.25) is 0 Å². The van der Waals surface area contributed by atoms with Crippen LogP contribution < -0.4 is 5.73 Å². The molecule has 0 aromatic rings. The minimum Gasteiger partial charge on any atom is -0.335 e. The second-order valence-corrected chi connectivity index (χ2v) is 4.65. The second kappa shape index (κ2) is 4.38. The van der Waals surface area contributed by atoms with Crippen molar-refractivity contribution in [1.29, 1.82) is 0 Å². The molecular formula is C9H17F3N2O. The minimum absolute atomic E-state index is 0.545. The van der Waals surface area contributed by atoms with Crippen molar-refractivity contribution in [2.75, 3.05) is 13.6 Å². The summed E-state index contributed by atoms with van der Waals surface area (Å²) in [7, 11) is 1.10. The van der Waals surface area contributed by atoms with Crippen molar-refractivity contribution in [3.8, 4) is 0 Å². The molecule has 0 saturated heterocycles. The van der Waals surface area contributed by atoms with Crippen LogP contribution in [0.4, 0.5) is 13.2 Å². The van der Waals surface area contributed by atoms with E-state index in [9.17, 15) is 18.0 Å². The molecule has 0 spiro atoms. The Hall–Kier alpha value is -0.780. The number of alkyl halides is 3. The Morgan fingerprint density at radius 3 is 2.00 bits per heavy atom. The molecule has 15 heavy (non-hydrogen) atoms. The van der Waals surface area contributed by atoms with Crippen molar-refractivity contribution in [2.24, 2.45) is 11.1 Å². The van der Waals surface area contributed by atoms with Gasteiger partial charge in [-0.1, -0.05) is 20.8 Å². The maximum Gasteiger partial charge on any atom is 0.406 e. The van der Waals surface area contributed by atoms with Crippen LogP contribution in [0.15, 0.2) is 0 Å². The smallest absolute Gasteiger partial charge is 0.335 e. The lowest BCUT2D eigenvalue weighted by molar-refractivity contribution is -0.160. The topological polar surface area (TPSA) is 46.3 Å². The van der Waals surface area contributed by atoms with Gasteiger partial charge in [0, 0.05) is 7.05 Å². The van der Waals surface area contributed by atoms with E-state index in [0.29, 0.717) is 4.90 Å². The Kier molecular flexibility index (Phi) is 4.16. The van der Waals surface area contributed by atoms with Gasteiger partial charge in [-0.3, -0.25) is 4.79 Å². The lowest BCUT2D eigenvalue weighted by Crippen LogP contribution is -2.51. The predicted molar refractivity (Wildman–Crippen MR) is 51.1 cm³/mol. The van der Waals surface area contributed by atoms with E-state index in [-0.39, 0.29) is 0 Å². The zero-order valence-corrected chi connectivity index (χ0v) is 9.35. The van der Waals surface area contributed by atoms with Gasteiger partial charge in [-0.15, -0.1) is 0 Å². The van der Waals surface area contributed by atoms with Crippen LogP contribution in [-0.2, 0) is 4.79 Å². The molecule has 0 radical (unpaired) electrons. The van der Waals surface area contributed by atoms with Gasteiger partial charge in [-0.25, -0.2) is 0 Å². The number of rotatable bonds is 2. The second-order valence-electron chi connectivity index (χ2n) is 4.65. The summed E-state index contributed by atoms with van der Waals surface area (Å²) < 4.78 is 36.0. The Morgan fingerprint density at radius 2 is 1.73 bits per heavy atom. The van der Waals surface area contributed by atoms with Gasteiger partial charge < -0.3 is 10.6 Å². The van der Waals surface area contributed by atoms with Crippen LogP contribution in [0.25, 0.3) is 0 Å². The molecule has 0 unspecified atom stereocenters. The van der Waals surface area contributed by atoms with Gasteiger partial charge in [0.25, 0.3) is 0 Å². The first-order valence-electron chi connectivity index (χ1n) is 4.52. The Bertz CT molecular complexity index is 232. The van der Waals surface area contributed by atoms with E-state index in [1.165, 1.54) is 0 Å². The van der Waals surface area contributed by atoms with Gasteiger partial charge in [0.15, 0.2) is 0 Å². The third kappa shape index (κ3) is 5.01. The summed E-state index contributed by atoms with van der Waals surface area (Å²) >= 11 is 0. The minimum atomic E-state index is -4.39. The highest BCUT2D eigenvalue weighted by atomic mass is 19.4. The number of hydrogen-bond donors (Lipinski definition) is 1. The van der Waals surface area contributed by atoms with Crippen LogP contribution in [-0.4, -0.2) is 36.6 Å². The molecular weight excluding hydrogens is 209 g/mol. The molecule has 0 aliphatic carbocycles. The molecule has 1 amide bonds. The van der Waals surface area contributed by atoms with E-state index in [1.807, 2.05) is 0 Å². The van der Waals surface area contributed by atoms with E-state index >= 15 is 0 Å². The fraction of sp³-hybridized carbons (Fsp3) is 0.889. The Labute approximate surface area is 87.4 Å². The predicted octanol–water partition coefficient (Wildman–Crippen LogP) is 1.38. The van der Waals surface area contributed by atoms with Crippen LogP contribution in [0.1, 0.15) is 20.8 Å². The summed E-state index contributed by atoms with van der Waals surface area (Å²) in [5, 5.41) is 0. The van der Waals surface area contributed by atoms with Crippen LogP contribution in [0, 0.1) is 5.41 Å². The van der Waals surface area contributed by atoms with E-state index in [0.717, 1.165) is 7.05 Å². The molecule has 0 aromatic carbocycles. The molecule has 0 aliphatic heterocycles. The molecule has 3 nitrogen and oxygen atoms in total. The first kappa shape index (κ1) is 14.2. The number of nitrogens with zero attached hydrogens (tertiary/aromatic N) is 1. The van der Waals surface area contributed by atoms with E-state index in [1.54, 1.807) is 20.8 Å². The number of likely N-dealkylation sites (N-methyl/N-ethyl adjacent to an activating group) is 1. The van der Waals surface area contributed by atoms with Crippen LogP contribution >= 0.6 is 0 Å². The SMILES string of the molecule is CN(CC(F)(F)F)C(=O)[C@@H](N)C(C)(C)C. The molecule has 0 bridgehead atoms. The first-order chi connectivity index (χ1) is 6.45. The van der Waals surface area contributed by atoms with Crippen molar-refractivity contribution >= 4 is 5.91 Å². The number of nitrogens with two attached hydrogens (primary N) is 1. The van der Waals surface area contributed by atoms with Gasteiger partial charge >= 0.3 is 6.18 Å². The summed E-state index contributed by atoms with van der Waals surface area (Å²) in [5.41, 5.74) is 5.01. The molecule has 0 rings (SSSR count). The molecule has 2 N–H and O–H groups in total. The maximum absolute atomic E-state index is 12.0. The molecule has 0 fully saturated rings. The normalized spacial score (nSPS) is 14.9. The molecule has 0 saturated carbocycles. The van der Waals surface area contributed by atoms with Crippen molar-refractivity contribution in [2.45, 2.75) is 33.0 Å². The summed E-state index contributed by atoms with van der Waals surface area (Å²) in [6.07, 6.45) is -4.39. The van der Waals surface area contributed by atoms with Crippen molar-refractivity contribution in [3.05, 3.63) is 0 Å². The third-order valence-corrected chi connectivity index (χ3v) is 1.99. The zero-order chi connectivity index (χ0) is 12.4. The van der Waals surface area contributed by atoms with Gasteiger partial charge in [0.05, 0.1) is 6.04 Å². The van der Waals surface area contributed by atoms with Crippen LogP contribution in [0.3, 0.4) is 0 Å². The molecule has 6 heteroatoms. The highest BCUT2D eigenvalue weighted by Gasteiger charge is 2.35. The number of amides is 1. The molecule has 0 aliphatic rings. The van der Waals surface area contributed by atoms with E-state index < -0.39 is 30.1 Å². The Morgan fingerprint density at radius 1 is 1.33 bits per heavy atom. The summed E-state index contributed by atoms with van der Waals surface area (Å²) in [6.45, 7) is 3.85. The molecule has 0 heterocycles. The van der Waals surface area contributed by atoms with Gasteiger partial charge in [-0.2, -0.15) is 13.2 Å². The average Bonchev–Trinajstić information content (AvgIpc) is 1.96. The zero-order valence-electron chi connectivity index (χ0n) is 9.35. The number of carbonyl (C=O) groups is 1.